The first-order chi connectivity index (χ1) is 9.69. The first-order valence-electron chi connectivity index (χ1n) is 6.77. The van der Waals surface area contributed by atoms with Crippen LogP contribution in [0.1, 0.15) is 31.0 Å². The molecular formula is C15H20N4O. The molecule has 0 bridgehead atoms. The summed E-state index contributed by atoms with van der Waals surface area (Å²) in [6.45, 7) is 4.76. The number of rotatable bonds is 6. The van der Waals surface area contributed by atoms with Crippen molar-refractivity contribution in [1.29, 1.82) is 0 Å². The minimum atomic E-state index is 0.383. The summed E-state index contributed by atoms with van der Waals surface area (Å²) in [5.74, 6) is 1.24. The van der Waals surface area contributed by atoms with E-state index >= 15 is 0 Å². The van der Waals surface area contributed by atoms with Crippen molar-refractivity contribution in [3.63, 3.8) is 0 Å². The van der Waals surface area contributed by atoms with Gasteiger partial charge in [0.1, 0.15) is 5.75 Å². The molecule has 20 heavy (non-hydrogen) atoms. The molecule has 5 heteroatoms. The van der Waals surface area contributed by atoms with E-state index in [1.54, 1.807) is 17.1 Å². The van der Waals surface area contributed by atoms with E-state index in [-0.39, 0.29) is 0 Å². The number of ether oxygens (including phenoxy) is 1. The van der Waals surface area contributed by atoms with Gasteiger partial charge in [0.15, 0.2) is 0 Å². The molecule has 2 aromatic rings. The molecule has 1 aromatic heterocycles. The topological polar surface area (TPSA) is 65.4 Å². The van der Waals surface area contributed by atoms with Crippen LogP contribution in [-0.4, -0.2) is 22.5 Å². The Kier molecular flexibility index (Phi) is 4.76. The highest BCUT2D eigenvalue weighted by molar-refractivity contribution is 5.80. The Labute approximate surface area is 119 Å². The van der Waals surface area contributed by atoms with E-state index in [9.17, 15) is 0 Å². The van der Waals surface area contributed by atoms with Crippen LogP contribution in [-0.2, 0) is 0 Å². The number of nitrogens with two attached hydrogens (primary N) is 1. The molecule has 0 aliphatic rings. The lowest BCUT2D eigenvalue weighted by atomic mass is 10.2. The molecule has 1 aromatic carbocycles. The van der Waals surface area contributed by atoms with E-state index in [1.807, 2.05) is 31.2 Å². The van der Waals surface area contributed by atoms with Crippen LogP contribution in [0.2, 0.25) is 0 Å². The quantitative estimate of drug-likeness (QED) is 0.649. The van der Waals surface area contributed by atoms with Crippen LogP contribution < -0.4 is 10.5 Å². The zero-order chi connectivity index (χ0) is 14.4. The monoisotopic (exact) mass is 272 g/mol. The molecule has 2 N–H and O–H groups in total. The molecule has 5 nitrogen and oxygen atoms in total. The average Bonchev–Trinajstić information content (AvgIpc) is 2.76. The third-order valence-corrected chi connectivity index (χ3v) is 2.79. The number of nitrogens with zero attached hydrogens (tertiary/aromatic N) is 3. The van der Waals surface area contributed by atoms with Crippen LogP contribution in [0.5, 0.6) is 5.75 Å². The third-order valence-electron chi connectivity index (χ3n) is 2.79. The largest absolute Gasteiger partial charge is 0.494 e. The fourth-order valence-corrected chi connectivity index (χ4v) is 1.74. The highest BCUT2D eigenvalue weighted by Gasteiger charge is 1.99. The van der Waals surface area contributed by atoms with Gasteiger partial charge in [-0.05, 0) is 31.0 Å². The van der Waals surface area contributed by atoms with Crippen LogP contribution >= 0.6 is 0 Å². The number of benzene rings is 1. The van der Waals surface area contributed by atoms with Crippen molar-refractivity contribution in [3.05, 3.63) is 41.7 Å². The first kappa shape index (κ1) is 14.1. The number of aryl methyl sites for hydroxylation is 1. The van der Waals surface area contributed by atoms with Gasteiger partial charge in [0.2, 0.25) is 5.95 Å². The molecule has 0 amide bonds. The number of nitrogen functional groups attached to an aromatic ring is 1. The number of anilines is 1. The molecule has 0 atom stereocenters. The van der Waals surface area contributed by atoms with Crippen LogP contribution in [0.4, 0.5) is 5.95 Å². The Morgan fingerprint density at radius 2 is 2.30 bits per heavy atom. The first-order valence-corrected chi connectivity index (χ1v) is 6.77. The Balaban J connectivity index is 2.05. The number of hydrogen-bond donors (Lipinski definition) is 1. The van der Waals surface area contributed by atoms with E-state index in [2.05, 4.69) is 17.0 Å². The summed E-state index contributed by atoms with van der Waals surface area (Å²) in [6, 6.07) is 7.82. The molecule has 0 radical (unpaired) electrons. The van der Waals surface area contributed by atoms with Gasteiger partial charge < -0.3 is 10.5 Å². The van der Waals surface area contributed by atoms with Crippen molar-refractivity contribution in [2.45, 2.75) is 26.7 Å². The summed E-state index contributed by atoms with van der Waals surface area (Å²) in [4.78, 5) is 4.09. The maximum absolute atomic E-state index is 5.73. The lowest BCUT2D eigenvalue weighted by Crippen LogP contribution is -1.98. The molecule has 0 spiro atoms. The maximum Gasteiger partial charge on any atom is 0.221 e. The van der Waals surface area contributed by atoms with Crippen molar-refractivity contribution in [2.24, 2.45) is 5.10 Å². The van der Waals surface area contributed by atoms with Gasteiger partial charge in [-0.25, -0.2) is 9.66 Å². The second-order valence-electron chi connectivity index (χ2n) is 4.60. The van der Waals surface area contributed by atoms with Crippen molar-refractivity contribution in [2.75, 3.05) is 12.3 Å². The predicted octanol–water partition coefficient (Wildman–Crippen LogP) is 2.83. The van der Waals surface area contributed by atoms with Gasteiger partial charge in [-0.15, -0.1) is 0 Å². The Hall–Kier alpha value is -2.30. The molecule has 1 heterocycles. The molecule has 0 aliphatic carbocycles. The number of imidazole rings is 1. The van der Waals surface area contributed by atoms with Gasteiger partial charge in [-0.1, -0.05) is 25.5 Å². The minimum Gasteiger partial charge on any atom is -0.494 e. The van der Waals surface area contributed by atoms with Crippen molar-refractivity contribution < 1.29 is 4.74 Å². The lowest BCUT2D eigenvalue weighted by Gasteiger charge is -2.05. The van der Waals surface area contributed by atoms with E-state index in [0.717, 1.165) is 36.5 Å². The summed E-state index contributed by atoms with van der Waals surface area (Å²) < 4.78 is 7.22. The second kappa shape index (κ2) is 6.75. The average molecular weight is 272 g/mol. The van der Waals surface area contributed by atoms with E-state index in [4.69, 9.17) is 10.5 Å². The van der Waals surface area contributed by atoms with E-state index < -0.39 is 0 Å². The third kappa shape index (κ3) is 3.85. The lowest BCUT2D eigenvalue weighted by molar-refractivity contribution is 0.309. The molecule has 0 saturated heterocycles. The van der Waals surface area contributed by atoms with Gasteiger partial charge in [-0.2, -0.15) is 5.10 Å². The van der Waals surface area contributed by atoms with Gasteiger partial charge in [-0.3, -0.25) is 0 Å². The number of unbranched alkanes of at least 4 members (excludes halogenated alkanes) is 1. The molecule has 0 fully saturated rings. The van der Waals surface area contributed by atoms with Crippen LogP contribution in [0.3, 0.4) is 0 Å². The highest BCUT2D eigenvalue weighted by Crippen LogP contribution is 2.13. The maximum atomic E-state index is 5.73. The minimum absolute atomic E-state index is 0.383. The zero-order valence-corrected chi connectivity index (χ0v) is 11.9. The van der Waals surface area contributed by atoms with Crippen LogP contribution in [0.25, 0.3) is 0 Å². The highest BCUT2D eigenvalue weighted by atomic mass is 16.5. The number of hydrogen-bond acceptors (Lipinski definition) is 4. The standard InChI is InChI=1S/C15H20N4O/c1-3-4-8-20-14-7-5-6-13(9-14)10-17-19-11-12(2)18-15(19)16/h5-7,9-11H,3-4,8H2,1-2H3,(H2,16,18). The van der Waals surface area contributed by atoms with Gasteiger partial charge in [0.05, 0.1) is 24.7 Å². The van der Waals surface area contributed by atoms with Gasteiger partial charge in [0, 0.05) is 0 Å². The zero-order valence-electron chi connectivity index (χ0n) is 11.9. The molecule has 106 valence electrons. The predicted molar refractivity (Wildman–Crippen MR) is 81.2 cm³/mol. The number of aromatic nitrogens is 2. The molecular weight excluding hydrogens is 252 g/mol. The summed E-state index contributed by atoms with van der Waals surface area (Å²) in [5.41, 5.74) is 7.54. The van der Waals surface area contributed by atoms with Crippen molar-refractivity contribution in [3.8, 4) is 5.75 Å². The summed E-state index contributed by atoms with van der Waals surface area (Å²) in [6.07, 6.45) is 5.71. The smallest absolute Gasteiger partial charge is 0.221 e. The molecule has 0 aliphatic heterocycles. The van der Waals surface area contributed by atoms with Crippen molar-refractivity contribution in [1.82, 2.24) is 9.66 Å². The van der Waals surface area contributed by atoms with Crippen molar-refractivity contribution >= 4 is 12.2 Å². The van der Waals surface area contributed by atoms with E-state index in [0.29, 0.717) is 5.95 Å². The fraction of sp³-hybridized carbons (Fsp3) is 0.333. The van der Waals surface area contributed by atoms with Crippen LogP contribution in [0.15, 0.2) is 35.6 Å². The fourth-order valence-electron chi connectivity index (χ4n) is 1.74. The van der Waals surface area contributed by atoms with Gasteiger partial charge in [0.25, 0.3) is 0 Å². The normalized spacial score (nSPS) is 11.1. The summed E-state index contributed by atoms with van der Waals surface area (Å²) >= 11 is 0. The van der Waals surface area contributed by atoms with Gasteiger partial charge >= 0.3 is 0 Å². The Morgan fingerprint density at radius 1 is 1.45 bits per heavy atom. The SMILES string of the molecule is CCCCOc1cccc(C=Nn2cc(C)nc2N)c1. The Morgan fingerprint density at radius 3 is 3.00 bits per heavy atom. The van der Waals surface area contributed by atoms with Crippen LogP contribution in [0, 0.1) is 6.92 Å². The molecule has 0 saturated carbocycles. The summed E-state index contributed by atoms with van der Waals surface area (Å²) in [5, 5.41) is 4.28. The molecule has 0 unspecified atom stereocenters. The van der Waals surface area contributed by atoms with E-state index in [1.165, 1.54) is 0 Å². The summed E-state index contributed by atoms with van der Waals surface area (Å²) in [7, 11) is 0. The Bertz CT molecular complexity index is 589. The molecule has 2 rings (SSSR count). The second-order valence-corrected chi connectivity index (χ2v) is 4.60.